The van der Waals surface area contributed by atoms with E-state index in [2.05, 4.69) is 10.6 Å². The van der Waals surface area contributed by atoms with Gasteiger partial charge in [-0.3, -0.25) is 4.31 Å². The van der Waals surface area contributed by atoms with Crippen molar-refractivity contribution in [3.05, 3.63) is 72.1 Å². The van der Waals surface area contributed by atoms with E-state index >= 15 is 0 Å². The number of nitrogens with one attached hydrogen (secondary N) is 2. The Morgan fingerprint density at radius 2 is 1.82 bits per heavy atom. The fraction of sp³-hybridized carbons (Fsp3) is 0.400. The number of carbonyl (C=O) groups is 1. The third-order valence-electron chi connectivity index (χ3n) is 6.04. The number of urea groups is 1. The molecule has 1 saturated carbocycles. The topological polar surface area (TPSA) is 102 Å². The number of amides is 2. The van der Waals surface area contributed by atoms with Crippen LogP contribution in [0.25, 0.3) is 0 Å². The molecule has 1 heterocycles. The zero-order chi connectivity index (χ0) is 24.3. The second-order valence-electron chi connectivity index (χ2n) is 9.45. The minimum Gasteiger partial charge on any atom is -0.386 e. The van der Waals surface area contributed by atoms with Crippen LogP contribution in [0.2, 0.25) is 0 Å². The number of benzene rings is 2. The first kappa shape index (κ1) is 24.1. The summed E-state index contributed by atoms with van der Waals surface area (Å²) < 4.78 is 27.6. The minimum atomic E-state index is -3.73. The lowest BCUT2D eigenvalue weighted by atomic mass is 9.97. The SMILES string of the molecule is CC(C)(O)c1ccc(CN2C=CN(S(=O)(=O)c3cccc(NC(=O)NCC4CC4)c3)CC2)cc1. The Kier molecular flexibility index (Phi) is 6.86. The normalized spacial score (nSPS) is 16.4. The van der Waals surface area contributed by atoms with Crippen molar-refractivity contribution < 1.29 is 18.3 Å². The van der Waals surface area contributed by atoms with E-state index in [0.29, 0.717) is 37.8 Å². The van der Waals surface area contributed by atoms with Gasteiger partial charge in [0.2, 0.25) is 0 Å². The Morgan fingerprint density at radius 1 is 1.09 bits per heavy atom. The van der Waals surface area contributed by atoms with Crippen LogP contribution in [-0.4, -0.2) is 48.4 Å². The summed E-state index contributed by atoms with van der Waals surface area (Å²) in [4.78, 5) is 14.2. The molecule has 0 unspecified atom stereocenters. The number of carbonyl (C=O) groups excluding carboxylic acids is 1. The smallest absolute Gasteiger partial charge is 0.319 e. The molecule has 8 nitrogen and oxygen atoms in total. The second kappa shape index (κ2) is 9.68. The monoisotopic (exact) mass is 484 g/mol. The second-order valence-corrected chi connectivity index (χ2v) is 11.3. The summed E-state index contributed by atoms with van der Waals surface area (Å²) in [5.74, 6) is 0.565. The van der Waals surface area contributed by atoms with Gasteiger partial charge in [0.1, 0.15) is 0 Å². The van der Waals surface area contributed by atoms with Gasteiger partial charge in [-0.25, -0.2) is 13.2 Å². The van der Waals surface area contributed by atoms with Crippen LogP contribution in [0, 0.1) is 5.92 Å². The molecule has 9 heteroatoms. The maximum Gasteiger partial charge on any atom is 0.319 e. The van der Waals surface area contributed by atoms with E-state index in [9.17, 15) is 18.3 Å². The minimum absolute atomic E-state index is 0.132. The van der Waals surface area contributed by atoms with E-state index in [4.69, 9.17) is 0 Å². The molecule has 2 aromatic carbocycles. The Morgan fingerprint density at radius 3 is 2.44 bits per heavy atom. The lowest BCUT2D eigenvalue weighted by molar-refractivity contribution is 0.0786. The number of hydrogen-bond donors (Lipinski definition) is 3. The van der Waals surface area contributed by atoms with Gasteiger partial charge >= 0.3 is 6.03 Å². The predicted octanol–water partition coefficient (Wildman–Crippen LogP) is 3.42. The lowest BCUT2D eigenvalue weighted by Crippen LogP contribution is -2.37. The van der Waals surface area contributed by atoms with Crippen LogP contribution in [0.15, 0.2) is 65.8 Å². The van der Waals surface area contributed by atoms with Crippen LogP contribution in [0.5, 0.6) is 0 Å². The summed E-state index contributed by atoms with van der Waals surface area (Å²) in [5.41, 5.74) is 1.48. The molecule has 1 fully saturated rings. The molecule has 0 atom stereocenters. The Labute approximate surface area is 201 Å². The third-order valence-corrected chi connectivity index (χ3v) is 7.82. The molecule has 34 heavy (non-hydrogen) atoms. The molecule has 1 aliphatic carbocycles. The van der Waals surface area contributed by atoms with Gasteiger partial charge in [-0.2, -0.15) is 0 Å². The molecule has 4 rings (SSSR count). The molecule has 0 saturated heterocycles. The van der Waals surface area contributed by atoms with Crippen LogP contribution in [0.4, 0.5) is 10.5 Å². The number of sulfonamides is 1. The maximum atomic E-state index is 13.1. The third kappa shape index (κ3) is 6.09. The first-order valence-corrected chi connectivity index (χ1v) is 13.0. The van der Waals surface area contributed by atoms with Gasteiger partial charge in [-0.05, 0) is 61.9 Å². The van der Waals surface area contributed by atoms with E-state index in [1.807, 2.05) is 29.2 Å². The van der Waals surface area contributed by atoms with E-state index in [1.54, 1.807) is 38.4 Å². The molecule has 0 spiro atoms. The van der Waals surface area contributed by atoms with Gasteiger partial charge in [0.25, 0.3) is 10.0 Å². The summed E-state index contributed by atoms with van der Waals surface area (Å²) in [6, 6.07) is 13.8. The molecule has 2 amide bonds. The van der Waals surface area contributed by atoms with Crippen molar-refractivity contribution in [2.24, 2.45) is 5.92 Å². The quantitative estimate of drug-likeness (QED) is 0.533. The summed E-state index contributed by atoms with van der Waals surface area (Å²) in [5, 5.41) is 15.6. The number of rotatable bonds is 8. The van der Waals surface area contributed by atoms with Gasteiger partial charge in [-0.15, -0.1) is 0 Å². The molecule has 182 valence electrons. The van der Waals surface area contributed by atoms with Crippen molar-refractivity contribution in [1.29, 1.82) is 0 Å². The summed E-state index contributed by atoms with van der Waals surface area (Å²) in [7, 11) is -3.73. The summed E-state index contributed by atoms with van der Waals surface area (Å²) >= 11 is 0. The van der Waals surface area contributed by atoms with E-state index in [1.165, 1.54) is 16.4 Å². The number of hydrogen-bond acceptors (Lipinski definition) is 5. The van der Waals surface area contributed by atoms with E-state index in [-0.39, 0.29) is 10.9 Å². The molecular weight excluding hydrogens is 452 g/mol. The standard InChI is InChI=1S/C25H32N4O4S/c1-25(2,31)21-10-8-20(9-11-21)18-28-12-14-29(15-13-28)34(32,33)23-5-3-4-22(16-23)27-24(30)26-17-19-6-7-19/h3-5,8-12,14,16,19,31H,6-7,13,15,17-18H2,1-2H3,(H2,26,27,30). The Bertz CT molecular complexity index is 1150. The average Bonchev–Trinajstić information content (AvgIpc) is 3.63. The highest BCUT2D eigenvalue weighted by molar-refractivity contribution is 7.89. The molecule has 3 N–H and O–H groups in total. The predicted molar refractivity (Wildman–Crippen MR) is 131 cm³/mol. The Balaban J connectivity index is 1.37. The van der Waals surface area contributed by atoms with Crippen molar-refractivity contribution in [3.8, 4) is 0 Å². The van der Waals surface area contributed by atoms with Gasteiger partial charge in [0.15, 0.2) is 0 Å². The fourth-order valence-corrected chi connectivity index (χ4v) is 5.07. The molecule has 0 bridgehead atoms. The molecule has 0 radical (unpaired) electrons. The van der Waals surface area contributed by atoms with Crippen LogP contribution < -0.4 is 10.6 Å². The van der Waals surface area contributed by atoms with Crippen LogP contribution >= 0.6 is 0 Å². The number of nitrogens with zero attached hydrogens (tertiary/aromatic N) is 2. The van der Waals surface area contributed by atoms with Crippen LogP contribution in [0.1, 0.15) is 37.8 Å². The van der Waals surface area contributed by atoms with Crippen molar-refractivity contribution in [2.45, 2.75) is 43.7 Å². The largest absolute Gasteiger partial charge is 0.386 e. The maximum absolute atomic E-state index is 13.1. The first-order chi connectivity index (χ1) is 16.1. The molecule has 0 aromatic heterocycles. The van der Waals surface area contributed by atoms with E-state index in [0.717, 1.165) is 24.0 Å². The fourth-order valence-electron chi connectivity index (χ4n) is 3.73. The number of aliphatic hydroxyl groups is 1. The Hall–Kier alpha value is -3.04. The van der Waals surface area contributed by atoms with Gasteiger partial charge in [0, 0.05) is 37.7 Å². The van der Waals surface area contributed by atoms with E-state index < -0.39 is 15.6 Å². The zero-order valence-corrected chi connectivity index (χ0v) is 20.4. The van der Waals surface area contributed by atoms with Crippen molar-refractivity contribution in [3.63, 3.8) is 0 Å². The lowest BCUT2D eigenvalue weighted by Gasteiger charge is -2.31. The van der Waals surface area contributed by atoms with Gasteiger partial charge in [0.05, 0.1) is 17.0 Å². The highest BCUT2D eigenvalue weighted by Crippen LogP contribution is 2.27. The number of anilines is 1. The summed E-state index contributed by atoms with van der Waals surface area (Å²) in [6.07, 6.45) is 5.64. The van der Waals surface area contributed by atoms with Crippen molar-refractivity contribution >= 4 is 21.7 Å². The average molecular weight is 485 g/mol. The first-order valence-electron chi connectivity index (χ1n) is 11.5. The zero-order valence-electron chi connectivity index (χ0n) is 19.6. The van der Waals surface area contributed by atoms with Crippen LogP contribution in [-0.2, 0) is 22.2 Å². The highest BCUT2D eigenvalue weighted by Gasteiger charge is 2.25. The molecule has 2 aliphatic rings. The summed E-state index contributed by atoms with van der Waals surface area (Å²) in [6.45, 7) is 5.65. The molecule has 1 aliphatic heterocycles. The van der Waals surface area contributed by atoms with Crippen molar-refractivity contribution in [2.75, 3.05) is 25.0 Å². The van der Waals surface area contributed by atoms with Crippen LogP contribution in [0.3, 0.4) is 0 Å². The highest BCUT2D eigenvalue weighted by atomic mass is 32.2. The molecule has 2 aromatic rings. The van der Waals surface area contributed by atoms with Crippen molar-refractivity contribution in [1.82, 2.24) is 14.5 Å². The molecular formula is C25H32N4O4S. The van der Waals surface area contributed by atoms with Gasteiger partial charge < -0.3 is 20.6 Å². The van der Waals surface area contributed by atoms with Gasteiger partial charge in [-0.1, -0.05) is 30.3 Å².